The van der Waals surface area contributed by atoms with Crippen molar-refractivity contribution in [2.24, 2.45) is 0 Å². The Balaban J connectivity index is 1.51. The molecule has 0 unspecified atom stereocenters. The van der Waals surface area contributed by atoms with Crippen LogP contribution in [0, 0.1) is 0 Å². The molecule has 0 spiro atoms. The molecule has 0 bridgehead atoms. The van der Waals surface area contributed by atoms with Gasteiger partial charge in [-0.25, -0.2) is 4.79 Å². The predicted octanol–water partition coefficient (Wildman–Crippen LogP) is 0.0287. The summed E-state index contributed by atoms with van der Waals surface area (Å²) >= 11 is 0. The highest BCUT2D eigenvalue weighted by Crippen LogP contribution is 2.14. The molecule has 1 aromatic rings. The summed E-state index contributed by atoms with van der Waals surface area (Å²) in [6.07, 6.45) is 0.378. The Bertz CT molecular complexity index is 636. The van der Waals surface area contributed by atoms with Crippen LogP contribution in [-0.2, 0) is 25.7 Å². The van der Waals surface area contributed by atoms with Crippen molar-refractivity contribution in [3.05, 3.63) is 35.9 Å². The van der Waals surface area contributed by atoms with Gasteiger partial charge in [0, 0.05) is 6.61 Å². The number of rotatable bonds is 6. The number of amides is 4. The molecule has 2 aliphatic rings. The van der Waals surface area contributed by atoms with Crippen LogP contribution in [-0.4, -0.2) is 61.2 Å². The highest BCUT2D eigenvalue weighted by atomic mass is 16.5. The van der Waals surface area contributed by atoms with E-state index in [1.807, 2.05) is 30.3 Å². The first-order chi connectivity index (χ1) is 12.1. The lowest BCUT2D eigenvalue weighted by molar-refractivity contribution is -0.127. The molecular weight excluding hydrogens is 326 g/mol. The second-order valence-electron chi connectivity index (χ2n) is 6.08. The molecule has 2 N–H and O–H groups in total. The molecule has 2 saturated heterocycles. The van der Waals surface area contributed by atoms with Gasteiger partial charge in [-0.05, 0) is 12.0 Å². The van der Waals surface area contributed by atoms with Gasteiger partial charge in [-0.1, -0.05) is 30.3 Å². The number of nitrogens with one attached hydrogen (secondary N) is 2. The summed E-state index contributed by atoms with van der Waals surface area (Å²) in [5, 5.41) is 5.04. The fraction of sp³-hybridized carbons (Fsp3) is 0.471. The van der Waals surface area contributed by atoms with Crippen molar-refractivity contribution in [1.82, 2.24) is 15.5 Å². The molecule has 0 aromatic heterocycles. The van der Waals surface area contributed by atoms with Crippen LogP contribution in [0.5, 0.6) is 0 Å². The van der Waals surface area contributed by atoms with Crippen LogP contribution < -0.4 is 10.6 Å². The SMILES string of the molecule is O=C1CN(CC(=O)N[C@@H]2CCOC[C@H]2OCc2ccccc2)C(=O)N1. The first-order valence-electron chi connectivity index (χ1n) is 8.23. The second-order valence-corrected chi connectivity index (χ2v) is 6.08. The fourth-order valence-corrected chi connectivity index (χ4v) is 2.86. The molecule has 25 heavy (non-hydrogen) atoms. The summed E-state index contributed by atoms with van der Waals surface area (Å²) < 4.78 is 11.4. The molecule has 2 heterocycles. The zero-order chi connectivity index (χ0) is 17.6. The second kappa shape index (κ2) is 8.09. The molecular formula is C17H21N3O5. The zero-order valence-corrected chi connectivity index (χ0v) is 13.8. The van der Waals surface area contributed by atoms with E-state index in [2.05, 4.69) is 10.6 Å². The molecule has 2 atom stereocenters. The summed E-state index contributed by atoms with van der Waals surface area (Å²) in [6.45, 7) is 1.14. The highest BCUT2D eigenvalue weighted by molar-refractivity contribution is 6.03. The highest BCUT2D eigenvalue weighted by Gasteiger charge is 2.31. The van der Waals surface area contributed by atoms with Crippen LogP contribution in [0.2, 0.25) is 0 Å². The van der Waals surface area contributed by atoms with Crippen LogP contribution in [0.15, 0.2) is 30.3 Å². The first-order valence-corrected chi connectivity index (χ1v) is 8.23. The Morgan fingerprint density at radius 2 is 2.12 bits per heavy atom. The molecule has 2 aliphatic heterocycles. The summed E-state index contributed by atoms with van der Waals surface area (Å²) in [4.78, 5) is 36.0. The van der Waals surface area contributed by atoms with E-state index in [1.165, 1.54) is 4.90 Å². The van der Waals surface area contributed by atoms with E-state index in [9.17, 15) is 14.4 Å². The van der Waals surface area contributed by atoms with Crippen LogP contribution in [0.1, 0.15) is 12.0 Å². The number of nitrogens with zero attached hydrogens (tertiary/aromatic N) is 1. The Morgan fingerprint density at radius 1 is 1.32 bits per heavy atom. The van der Waals surface area contributed by atoms with Gasteiger partial charge < -0.3 is 19.7 Å². The quantitative estimate of drug-likeness (QED) is 0.708. The standard InChI is InChI=1S/C17H21N3O5/c21-15(8-20-9-16(22)19-17(20)23)18-13-6-7-24-11-14(13)25-10-12-4-2-1-3-5-12/h1-5,13-14H,6-11H2,(H,18,21)(H,19,22,23)/t13-,14-/m1/s1. The van der Waals surface area contributed by atoms with Gasteiger partial charge in [0.05, 0.1) is 19.3 Å². The number of carbonyl (C=O) groups is 3. The average Bonchev–Trinajstić information content (AvgIpc) is 2.92. The third-order valence-corrected chi connectivity index (χ3v) is 4.16. The van der Waals surface area contributed by atoms with Gasteiger partial charge >= 0.3 is 6.03 Å². The topological polar surface area (TPSA) is 97.0 Å². The van der Waals surface area contributed by atoms with Crippen molar-refractivity contribution in [3.8, 4) is 0 Å². The number of ether oxygens (including phenoxy) is 2. The number of benzene rings is 1. The van der Waals surface area contributed by atoms with Gasteiger partial charge in [0.25, 0.3) is 0 Å². The molecule has 2 fully saturated rings. The minimum absolute atomic E-state index is 0.0893. The third kappa shape index (κ3) is 4.77. The number of carbonyl (C=O) groups excluding carboxylic acids is 3. The molecule has 134 valence electrons. The number of imide groups is 1. The molecule has 4 amide bonds. The maximum absolute atomic E-state index is 12.2. The molecule has 8 nitrogen and oxygen atoms in total. The Kier molecular flexibility index (Phi) is 5.62. The van der Waals surface area contributed by atoms with E-state index in [0.29, 0.717) is 26.2 Å². The van der Waals surface area contributed by atoms with E-state index < -0.39 is 11.9 Å². The normalized spacial score (nSPS) is 23.4. The van der Waals surface area contributed by atoms with Crippen LogP contribution in [0.4, 0.5) is 4.79 Å². The fourth-order valence-electron chi connectivity index (χ4n) is 2.86. The van der Waals surface area contributed by atoms with Gasteiger partial charge in [0.1, 0.15) is 19.2 Å². The number of urea groups is 1. The summed E-state index contributed by atoms with van der Waals surface area (Å²) in [6, 6.07) is 9.04. The lowest BCUT2D eigenvalue weighted by Gasteiger charge is -2.32. The van der Waals surface area contributed by atoms with Gasteiger partial charge in [0.2, 0.25) is 11.8 Å². The minimum Gasteiger partial charge on any atom is -0.379 e. The van der Waals surface area contributed by atoms with Gasteiger partial charge in [-0.3, -0.25) is 14.9 Å². The van der Waals surface area contributed by atoms with Crippen LogP contribution >= 0.6 is 0 Å². The lowest BCUT2D eigenvalue weighted by Crippen LogP contribution is -2.52. The van der Waals surface area contributed by atoms with Crippen molar-refractivity contribution >= 4 is 17.8 Å². The van der Waals surface area contributed by atoms with E-state index in [-0.39, 0.29) is 31.1 Å². The van der Waals surface area contributed by atoms with E-state index in [1.54, 1.807) is 0 Å². The van der Waals surface area contributed by atoms with Crippen molar-refractivity contribution in [2.75, 3.05) is 26.3 Å². The monoisotopic (exact) mass is 347 g/mol. The predicted molar refractivity (Wildman–Crippen MR) is 87.5 cm³/mol. The van der Waals surface area contributed by atoms with Crippen molar-refractivity contribution in [2.45, 2.75) is 25.2 Å². The first kappa shape index (κ1) is 17.4. The molecule has 3 rings (SSSR count). The summed E-state index contributed by atoms with van der Waals surface area (Å²) in [5.74, 6) is -0.710. The maximum Gasteiger partial charge on any atom is 0.325 e. The van der Waals surface area contributed by atoms with E-state index in [0.717, 1.165) is 5.56 Å². The third-order valence-electron chi connectivity index (χ3n) is 4.16. The number of hydrogen-bond acceptors (Lipinski definition) is 5. The van der Waals surface area contributed by atoms with Crippen molar-refractivity contribution in [3.63, 3.8) is 0 Å². The van der Waals surface area contributed by atoms with Crippen molar-refractivity contribution < 1.29 is 23.9 Å². The largest absolute Gasteiger partial charge is 0.379 e. The van der Waals surface area contributed by atoms with E-state index >= 15 is 0 Å². The average molecular weight is 347 g/mol. The van der Waals surface area contributed by atoms with E-state index in [4.69, 9.17) is 9.47 Å². The molecule has 0 saturated carbocycles. The van der Waals surface area contributed by atoms with Crippen LogP contribution in [0.25, 0.3) is 0 Å². The van der Waals surface area contributed by atoms with Crippen molar-refractivity contribution in [1.29, 1.82) is 0 Å². The smallest absolute Gasteiger partial charge is 0.325 e. The molecule has 0 radical (unpaired) electrons. The summed E-state index contributed by atoms with van der Waals surface area (Å²) in [7, 11) is 0. The van der Waals surface area contributed by atoms with Crippen LogP contribution in [0.3, 0.4) is 0 Å². The molecule has 1 aromatic carbocycles. The summed E-state index contributed by atoms with van der Waals surface area (Å²) in [5.41, 5.74) is 1.05. The van der Waals surface area contributed by atoms with Gasteiger partial charge in [-0.2, -0.15) is 0 Å². The Morgan fingerprint density at radius 3 is 2.84 bits per heavy atom. The minimum atomic E-state index is -0.538. The lowest BCUT2D eigenvalue weighted by atomic mass is 10.1. The van der Waals surface area contributed by atoms with Gasteiger partial charge in [0.15, 0.2) is 0 Å². The zero-order valence-electron chi connectivity index (χ0n) is 13.8. The molecule has 0 aliphatic carbocycles. The Hall–Kier alpha value is -2.45. The van der Waals surface area contributed by atoms with Gasteiger partial charge in [-0.15, -0.1) is 0 Å². The molecule has 8 heteroatoms. The maximum atomic E-state index is 12.2. The number of hydrogen-bond donors (Lipinski definition) is 2. The Labute approximate surface area is 145 Å².